The van der Waals surface area contributed by atoms with Crippen LogP contribution in [0.25, 0.3) is 0 Å². The van der Waals surface area contributed by atoms with Crippen LogP contribution in [0, 0.1) is 22.7 Å². The lowest BCUT2D eigenvalue weighted by molar-refractivity contribution is 0.958. The van der Waals surface area contributed by atoms with E-state index in [-0.39, 0.29) is 13.1 Å². The minimum atomic E-state index is 0.190. The van der Waals surface area contributed by atoms with E-state index in [9.17, 15) is 0 Å². The maximum absolute atomic E-state index is 8.70. The van der Waals surface area contributed by atoms with Crippen LogP contribution in [0.5, 0.6) is 0 Å². The van der Waals surface area contributed by atoms with Crippen molar-refractivity contribution >= 4 is 33.2 Å². The van der Waals surface area contributed by atoms with E-state index >= 15 is 0 Å². The molecule has 0 unspecified atom stereocenters. The van der Waals surface area contributed by atoms with Crippen molar-refractivity contribution in [1.82, 2.24) is 0 Å². The van der Waals surface area contributed by atoms with Gasteiger partial charge in [-0.2, -0.15) is 10.5 Å². The molecule has 0 bridgehead atoms. The second-order valence-corrected chi connectivity index (χ2v) is 4.08. The van der Waals surface area contributed by atoms with Gasteiger partial charge < -0.3 is 4.90 Å². The topological polar surface area (TPSA) is 50.8 Å². The Bertz CT molecular complexity index is 432. The van der Waals surface area contributed by atoms with Gasteiger partial charge in [-0.25, -0.2) is 0 Å². The number of hydrogen-bond donors (Lipinski definition) is 0. The number of anilines is 1. The first kappa shape index (κ1) is 12.8. The fourth-order valence-corrected chi connectivity index (χ4v) is 2.01. The molecule has 0 N–H and O–H groups in total. The smallest absolute Gasteiger partial charge is 0.106 e. The van der Waals surface area contributed by atoms with Gasteiger partial charge >= 0.3 is 0 Å². The fraction of sp³-hybridized carbons (Fsp3) is 0.273. The molecule has 0 aliphatic carbocycles. The fourth-order valence-electron chi connectivity index (χ4n) is 1.37. The summed E-state index contributed by atoms with van der Waals surface area (Å²) in [5.41, 5.74) is 1.84. The molecule has 0 saturated heterocycles. The van der Waals surface area contributed by atoms with Gasteiger partial charge in [0.25, 0.3) is 0 Å². The number of alkyl halides is 1. The van der Waals surface area contributed by atoms with Crippen LogP contribution in [0.2, 0.25) is 5.02 Å². The third-order valence-electron chi connectivity index (χ3n) is 2.05. The van der Waals surface area contributed by atoms with Crippen molar-refractivity contribution in [3.63, 3.8) is 0 Å². The third kappa shape index (κ3) is 3.13. The summed E-state index contributed by atoms with van der Waals surface area (Å²) in [5, 5.41) is 18.7. The lowest BCUT2D eigenvalue weighted by Gasteiger charge is -2.21. The van der Waals surface area contributed by atoms with E-state index in [1.165, 1.54) is 0 Å². The van der Waals surface area contributed by atoms with E-state index in [2.05, 4.69) is 15.9 Å². The highest BCUT2D eigenvalue weighted by molar-refractivity contribution is 9.08. The van der Waals surface area contributed by atoms with Crippen molar-refractivity contribution in [1.29, 1.82) is 10.5 Å². The van der Waals surface area contributed by atoms with Crippen LogP contribution in [-0.2, 0) is 5.33 Å². The van der Waals surface area contributed by atoms with Gasteiger partial charge in [-0.3, -0.25) is 0 Å². The van der Waals surface area contributed by atoms with Crippen LogP contribution >= 0.6 is 27.5 Å². The molecule has 3 nitrogen and oxygen atoms in total. The molecule has 16 heavy (non-hydrogen) atoms. The number of hydrogen-bond acceptors (Lipinski definition) is 3. The van der Waals surface area contributed by atoms with Crippen molar-refractivity contribution in [3.8, 4) is 12.1 Å². The Labute approximate surface area is 108 Å². The van der Waals surface area contributed by atoms with E-state index in [4.69, 9.17) is 22.1 Å². The van der Waals surface area contributed by atoms with Gasteiger partial charge in [0.15, 0.2) is 0 Å². The zero-order valence-corrected chi connectivity index (χ0v) is 10.8. The summed E-state index contributed by atoms with van der Waals surface area (Å²) in [7, 11) is 0. The number of benzene rings is 1. The maximum Gasteiger partial charge on any atom is 0.106 e. The van der Waals surface area contributed by atoms with Crippen LogP contribution in [0.4, 0.5) is 5.69 Å². The molecular weight excluding hydrogens is 289 g/mol. The zero-order valence-electron chi connectivity index (χ0n) is 8.45. The Balaban J connectivity index is 3.09. The molecule has 0 aliphatic heterocycles. The van der Waals surface area contributed by atoms with Crippen LogP contribution in [0.3, 0.4) is 0 Å². The second kappa shape index (κ2) is 6.37. The predicted molar refractivity (Wildman–Crippen MR) is 67.5 cm³/mol. The maximum atomic E-state index is 8.70. The molecular formula is C11H9BrClN3. The minimum Gasteiger partial charge on any atom is -0.345 e. The summed E-state index contributed by atoms with van der Waals surface area (Å²) in [6.45, 7) is 0.379. The summed E-state index contributed by atoms with van der Waals surface area (Å²) in [4.78, 5) is 1.72. The zero-order chi connectivity index (χ0) is 12.0. The molecule has 1 aromatic rings. The molecule has 0 radical (unpaired) electrons. The summed E-state index contributed by atoms with van der Waals surface area (Å²) >= 11 is 9.25. The summed E-state index contributed by atoms with van der Waals surface area (Å²) in [5.74, 6) is 0. The highest BCUT2D eigenvalue weighted by Gasteiger charge is 2.10. The molecule has 0 atom stereocenters. The normalized spacial score (nSPS) is 9.25. The number of nitrogens with zero attached hydrogens (tertiary/aromatic N) is 3. The van der Waals surface area contributed by atoms with Gasteiger partial charge in [0.1, 0.15) is 13.1 Å². The third-order valence-corrected chi connectivity index (χ3v) is 2.89. The average Bonchev–Trinajstić information content (AvgIpc) is 2.28. The van der Waals surface area contributed by atoms with Crippen LogP contribution < -0.4 is 4.90 Å². The highest BCUT2D eigenvalue weighted by atomic mass is 79.9. The Kier molecular flexibility index (Phi) is 5.11. The van der Waals surface area contributed by atoms with E-state index in [0.717, 1.165) is 11.3 Å². The molecule has 0 saturated carbocycles. The summed E-state index contributed by atoms with van der Waals surface area (Å²) < 4.78 is 0. The first-order chi connectivity index (χ1) is 7.72. The Morgan fingerprint density at radius 1 is 1.25 bits per heavy atom. The Morgan fingerprint density at radius 2 is 1.88 bits per heavy atom. The predicted octanol–water partition coefficient (Wildman–Crippen LogP) is 3.09. The largest absolute Gasteiger partial charge is 0.345 e. The van der Waals surface area contributed by atoms with Crippen LogP contribution in [0.1, 0.15) is 5.56 Å². The van der Waals surface area contributed by atoms with Crippen LogP contribution in [0.15, 0.2) is 18.2 Å². The summed E-state index contributed by atoms with van der Waals surface area (Å²) in [6, 6.07) is 9.50. The lowest BCUT2D eigenvalue weighted by atomic mass is 10.2. The van der Waals surface area contributed by atoms with E-state index < -0.39 is 0 Å². The average molecular weight is 299 g/mol. The van der Waals surface area contributed by atoms with Crippen LogP contribution in [-0.4, -0.2) is 13.1 Å². The van der Waals surface area contributed by atoms with Crippen molar-refractivity contribution < 1.29 is 0 Å². The van der Waals surface area contributed by atoms with Crippen molar-refractivity contribution in [2.45, 2.75) is 5.33 Å². The Hall–Kier alpha value is -1.23. The van der Waals surface area contributed by atoms with Gasteiger partial charge in [-0.15, -0.1) is 0 Å². The highest BCUT2D eigenvalue weighted by Crippen LogP contribution is 2.26. The molecule has 1 rings (SSSR count). The molecule has 5 heteroatoms. The molecule has 82 valence electrons. The number of rotatable bonds is 4. The standard InChI is InChI=1S/C11H9BrClN3/c12-8-9-7-10(13)1-2-11(9)16(5-3-14)6-4-15/h1-2,7H,5-6,8H2. The summed E-state index contributed by atoms with van der Waals surface area (Å²) in [6.07, 6.45) is 0. The molecule has 0 aromatic heterocycles. The first-order valence-corrected chi connectivity index (χ1v) is 6.06. The lowest BCUT2D eigenvalue weighted by Crippen LogP contribution is -2.24. The Morgan fingerprint density at radius 3 is 2.38 bits per heavy atom. The van der Waals surface area contributed by atoms with Gasteiger partial charge in [0, 0.05) is 16.0 Å². The number of nitriles is 2. The molecule has 0 spiro atoms. The van der Waals surface area contributed by atoms with E-state index in [1.807, 2.05) is 24.3 Å². The molecule has 0 aliphatic rings. The van der Waals surface area contributed by atoms with E-state index in [1.54, 1.807) is 11.0 Å². The molecule has 0 amide bonds. The monoisotopic (exact) mass is 297 g/mol. The van der Waals surface area contributed by atoms with Gasteiger partial charge in [0.2, 0.25) is 0 Å². The SMILES string of the molecule is N#CCN(CC#N)c1ccc(Cl)cc1CBr. The first-order valence-electron chi connectivity index (χ1n) is 4.56. The number of halogens is 2. The van der Waals surface area contributed by atoms with Crippen molar-refractivity contribution in [2.24, 2.45) is 0 Å². The van der Waals surface area contributed by atoms with Crippen molar-refractivity contribution in [2.75, 3.05) is 18.0 Å². The second-order valence-electron chi connectivity index (χ2n) is 3.08. The quantitative estimate of drug-likeness (QED) is 0.634. The molecule has 0 heterocycles. The molecule has 0 fully saturated rings. The van der Waals surface area contributed by atoms with Gasteiger partial charge in [-0.1, -0.05) is 27.5 Å². The van der Waals surface area contributed by atoms with Gasteiger partial charge in [0.05, 0.1) is 12.1 Å². The molecule has 1 aromatic carbocycles. The van der Waals surface area contributed by atoms with Crippen molar-refractivity contribution in [3.05, 3.63) is 28.8 Å². The van der Waals surface area contributed by atoms with Gasteiger partial charge in [-0.05, 0) is 23.8 Å². The minimum absolute atomic E-state index is 0.190. The van der Waals surface area contributed by atoms with E-state index in [0.29, 0.717) is 10.4 Å².